The zero-order valence-corrected chi connectivity index (χ0v) is 14.5. The quantitative estimate of drug-likeness (QED) is 0.846. The molecule has 0 fully saturated rings. The lowest BCUT2D eigenvalue weighted by atomic mass is 10.1. The van der Waals surface area contributed by atoms with Crippen LogP contribution in [0.25, 0.3) is 5.57 Å². The molecule has 5 heteroatoms. The van der Waals surface area contributed by atoms with E-state index in [1.54, 1.807) is 14.2 Å². The molecule has 1 aliphatic heterocycles. The van der Waals surface area contributed by atoms with Gasteiger partial charge in [-0.15, -0.1) is 0 Å². The predicted octanol–water partition coefficient (Wildman–Crippen LogP) is 3.51. The van der Waals surface area contributed by atoms with E-state index < -0.39 is 0 Å². The van der Waals surface area contributed by atoms with Gasteiger partial charge in [0, 0.05) is 6.54 Å². The number of hydrogen-bond acceptors (Lipinski definition) is 4. The average molecular weight is 338 g/mol. The van der Waals surface area contributed by atoms with Gasteiger partial charge in [-0.2, -0.15) is 0 Å². The molecule has 1 aliphatic rings. The Kier molecular flexibility index (Phi) is 4.93. The Morgan fingerprint density at radius 3 is 2.44 bits per heavy atom. The van der Waals surface area contributed by atoms with Gasteiger partial charge in [-0.05, 0) is 29.7 Å². The highest BCUT2D eigenvalue weighted by Crippen LogP contribution is 2.29. The van der Waals surface area contributed by atoms with Crippen molar-refractivity contribution in [1.29, 1.82) is 5.41 Å². The van der Waals surface area contributed by atoms with Gasteiger partial charge < -0.3 is 19.5 Å². The van der Waals surface area contributed by atoms with E-state index in [2.05, 4.69) is 0 Å². The second-order valence-corrected chi connectivity index (χ2v) is 5.90. The lowest BCUT2D eigenvalue weighted by Crippen LogP contribution is -2.28. The van der Waals surface area contributed by atoms with Crippen molar-refractivity contribution in [2.45, 2.75) is 6.42 Å². The molecule has 130 valence electrons. The Morgan fingerprint density at radius 2 is 1.76 bits per heavy atom. The number of rotatable bonds is 6. The third-order valence-corrected chi connectivity index (χ3v) is 4.36. The lowest BCUT2D eigenvalue weighted by molar-refractivity contribution is 0.349. The van der Waals surface area contributed by atoms with Crippen molar-refractivity contribution in [1.82, 2.24) is 4.90 Å². The molecule has 5 nitrogen and oxygen atoms in total. The van der Waals surface area contributed by atoms with Crippen LogP contribution in [-0.4, -0.2) is 43.2 Å². The third-order valence-electron chi connectivity index (χ3n) is 4.36. The minimum absolute atomic E-state index is 0.253. The summed E-state index contributed by atoms with van der Waals surface area (Å²) in [4.78, 5) is 1.88. The fourth-order valence-electron chi connectivity index (χ4n) is 3.03. The number of ether oxygens (including phenoxy) is 2. The topological polar surface area (TPSA) is 65.8 Å². The number of aliphatic hydroxyl groups excluding tert-OH is 1. The molecule has 0 atom stereocenters. The molecule has 2 aromatic carbocycles. The maximum Gasteiger partial charge on any atom is 0.160 e. The average Bonchev–Trinajstić information content (AvgIpc) is 2.93. The zero-order valence-electron chi connectivity index (χ0n) is 14.5. The van der Waals surface area contributed by atoms with E-state index in [1.165, 1.54) is 0 Å². The van der Waals surface area contributed by atoms with E-state index in [0.717, 1.165) is 17.5 Å². The van der Waals surface area contributed by atoms with Crippen LogP contribution in [0.4, 0.5) is 0 Å². The number of nitrogens with one attached hydrogen (secondary N) is 1. The van der Waals surface area contributed by atoms with Gasteiger partial charge in [0.15, 0.2) is 11.5 Å². The maximum atomic E-state index is 10.3. The molecule has 0 unspecified atom stereocenters. The smallest absolute Gasteiger partial charge is 0.160 e. The molecular weight excluding hydrogens is 316 g/mol. The lowest BCUT2D eigenvalue weighted by Gasteiger charge is -2.19. The molecule has 0 aromatic heterocycles. The predicted molar refractivity (Wildman–Crippen MR) is 98.5 cm³/mol. The van der Waals surface area contributed by atoms with Gasteiger partial charge in [0.05, 0.1) is 26.3 Å². The number of aliphatic hydroxyl groups is 1. The van der Waals surface area contributed by atoms with E-state index in [-0.39, 0.29) is 5.76 Å². The first kappa shape index (κ1) is 16.9. The fraction of sp³-hybridized carbons (Fsp3) is 0.250. The molecule has 1 heterocycles. The van der Waals surface area contributed by atoms with Crippen molar-refractivity contribution in [3.63, 3.8) is 0 Å². The Balaban J connectivity index is 1.69. The molecule has 0 radical (unpaired) electrons. The summed E-state index contributed by atoms with van der Waals surface area (Å²) in [6.07, 6.45) is 0.748. The van der Waals surface area contributed by atoms with Crippen LogP contribution in [0.15, 0.2) is 54.3 Å². The molecular formula is C20H22N2O3. The van der Waals surface area contributed by atoms with E-state index in [4.69, 9.17) is 14.9 Å². The third kappa shape index (κ3) is 3.45. The van der Waals surface area contributed by atoms with Crippen LogP contribution in [0, 0.1) is 5.41 Å². The van der Waals surface area contributed by atoms with Gasteiger partial charge in [0.25, 0.3) is 0 Å². The van der Waals surface area contributed by atoms with Crippen LogP contribution in [0.1, 0.15) is 11.1 Å². The summed E-state index contributed by atoms with van der Waals surface area (Å²) in [6, 6.07) is 15.4. The molecule has 3 rings (SSSR count). The van der Waals surface area contributed by atoms with Gasteiger partial charge >= 0.3 is 0 Å². The van der Waals surface area contributed by atoms with Gasteiger partial charge in [0.1, 0.15) is 11.6 Å². The highest BCUT2D eigenvalue weighted by atomic mass is 16.5. The van der Waals surface area contributed by atoms with Gasteiger partial charge in [0.2, 0.25) is 0 Å². The number of amidine groups is 1. The summed E-state index contributed by atoms with van der Waals surface area (Å²) in [5.74, 6) is 2.01. The Bertz CT molecular complexity index is 800. The first-order chi connectivity index (χ1) is 12.1. The first-order valence-electron chi connectivity index (χ1n) is 8.16. The molecule has 2 aromatic rings. The monoisotopic (exact) mass is 338 g/mol. The Morgan fingerprint density at radius 1 is 1.04 bits per heavy atom. The SMILES string of the molecule is COc1ccc(CCN2CC(O)=C(c3ccccc3)C2=N)cc1OC. The van der Waals surface area contributed by atoms with Crippen molar-refractivity contribution in [3.05, 3.63) is 65.4 Å². The van der Waals surface area contributed by atoms with E-state index in [1.807, 2.05) is 53.4 Å². The van der Waals surface area contributed by atoms with Crippen molar-refractivity contribution in [2.24, 2.45) is 0 Å². The van der Waals surface area contributed by atoms with E-state index >= 15 is 0 Å². The summed E-state index contributed by atoms with van der Waals surface area (Å²) in [5.41, 5.74) is 2.59. The molecule has 0 saturated heterocycles. The molecule has 0 aliphatic carbocycles. The highest BCUT2D eigenvalue weighted by molar-refractivity contribution is 6.23. The molecule has 25 heavy (non-hydrogen) atoms. The summed E-state index contributed by atoms with van der Waals surface area (Å²) < 4.78 is 10.6. The summed E-state index contributed by atoms with van der Waals surface area (Å²) in [6.45, 7) is 1.02. The Hall–Kier alpha value is -2.95. The normalized spacial score (nSPS) is 14.2. The van der Waals surface area contributed by atoms with Crippen molar-refractivity contribution >= 4 is 11.4 Å². The molecule has 0 saturated carbocycles. The first-order valence-corrected chi connectivity index (χ1v) is 8.16. The van der Waals surface area contributed by atoms with Crippen molar-refractivity contribution in [3.8, 4) is 11.5 Å². The fourth-order valence-corrected chi connectivity index (χ4v) is 3.03. The van der Waals surface area contributed by atoms with E-state index in [0.29, 0.717) is 36.0 Å². The van der Waals surface area contributed by atoms with E-state index in [9.17, 15) is 5.11 Å². The summed E-state index contributed by atoms with van der Waals surface area (Å²) >= 11 is 0. The maximum absolute atomic E-state index is 10.3. The number of benzene rings is 2. The standard InChI is InChI=1S/C20H22N2O3/c1-24-17-9-8-14(12-18(17)25-2)10-11-22-13-16(23)19(20(22)21)15-6-4-3-5-7-15/h3-9,12,21,23H,10-11,13H2,1-2H3. The van der Waals surface area contributed by atoms with Crippen molar-refractivity contribution < 1.29 is 14.6 Å². The van der Waals surface area contributed by atoms with Crippen molar-refractivity contribution in [2.75, 3.05) is 27.3 Å². The van der Waals surface area contributed by atoms with Crippen LogP contribution < -0.4 is 9.47 Å². The largest absolute Gasteiger partial charge is 0.510 e. The number of hydrogen-bond donors (Lipinski definition) is 2. The van der Waals surface area contributed by atoms with Crippen LogP contribution >= 0.6 is 0 Å². The second kappa shape index (κ2) is 7.30. The molecule has 0 amide bonds. The summed E-state index contributed by atoms with van der Waals surface area (Å²) in [7, 11) is 3.23. The highest BCUT2D eigenvalue weighted by Gasteiger charge is 2.27. The van der Waals surface area contributed by atoms with Gasteiger partial charge in [-0.3, -0.25) is 5.41 Å². The molecule has 0 spiro atoms. The van der Waals surface area contributed by atoms with Crippen LogP contribution in [0.5, 0.6) is 11.5 Å². The van der Waals surface area contributed by atoms with Gasteiger partial charge in [-0.1, -0.05) is 36.4 Å². The van der Waals surface area contributed by atoms with Crippen LogP contribution in [-0.2, 0) is 6.42 Å². The number of methoxy groups -OCH3 is 2. The number of nitrogens with zero attached hydrogens (tertiary/aromatic N) is 1. The van der Waals surface area contributed by atoms with Crippen LogP contribution in [0.2, 0.25) is 0 Å². The zero-order chi connectivity index (χ0) is 17.8. The molecule has 0 bridgehead atoms. The summed E-state index contributed by atoms with van der Waals surface area (Å²) in [5, 5.41) is 18.7. The van der Waals surface area contributed by atoms with Gasteiger partial charge in [-0.25, -0.2) is 0 Å². The Labute approximate surface area is 147 Å². The molecule has 2 N–H and O–H groups in total. The second-order valence-electron chi connectivity index (χ2n) is 5.90. The van der Waals surface area contributed by atoms with Crippen LogP contribution in [0.3, 0.4) is 0 Å². The minimum atomic E-state index is 0.253. The minimum Gasteiger partial charge on any atom is -0.510 e.